The Labute approximate surface area is 168 Å². The molecule has 2 N–H and O–H groups in total. The second-order valence-electron chi connectivity index (χ2n) is 6.45. The number of aromatic amines is 1. The van der Waals surface area contributed by atoms with Gasteiger partial charge in [0.05, 0.1) is 11.9 Å². The molecule has 0 amide bonds. The van der Waals surface area contributed by atoms with Gasteiger partial charge < -0.3 is 10.1 Å². The van der Waals surface area contributed by atoms with Crippen LogP contribution in [-0.2, 0) is 6.54 Å². The number of alkyl halides is 3. The molecule has 7 nitrogen and oxygen atoms in total. The molecular formula is C20H16F3N5O2. The number of rotatable bonds is 6. The van der Waals surface area contributed by atoms with Crippen LogP contribution in [0.1, 0.15) is 5.56 Å². The van der Waals surface area contributed by atoms with Crippen molar-refractivity contribution >= 4 is 17.0 Å². The predicted molar refractivity (Wildman–Crippen MR) is 105 cm³/mol. The number of nitrogens with zero attached hydrogens (tertiary/aromatic N) is 3. The second-order valence-corrected chi connectivity index (χ2v) is 6.45. The Morgan fingerprint density at radius 3 is 2.50 bits per heavy atom. The number of hydrogen-bond donors (Lipinski definition) is 2. The number of ether oxygens (including phenoxy) is 1. The number of fused-ring (bicyclic) bond motifs is 1. The highest BCUT2D eigenvalue weighted by atomic mass is 19.4. The van der Waals surface area contributed by atoms with Gasteiger partial charge in [-0.3, -0.25) is 9.78 Å². The summed E-state index contributed by atoms with van der Waals surface area (Å²) in [7, 11) is 0. The summed E-state index contributed by atoms with van der Waals surface area (Å²) in [4.78, 5) is 19.5. The molecule has 0 saturated heterocycles. The molecule has 0 aliphatic heterocycles. The maximum atomic E-state index is 12.4. The molecule has 0 unspecified atom stereocenters. The van der Waals surface area contributed by atoms with Crippen LogP contribution in [0.5, 0.6) is 5.75 Å². The number of hydrogen-bond acceptors (Lipinski definition) is 5. The molecule has 0 atom stereocenters. The van der Waals surface area contributed by atoms with Gasteiger partial charge in [-0.2, -0.15) is 23.3 Å². The molecule has 0 bridgehead atoms. The first-order chi connectivity index (χ1) is 14.4. The Morgan fingerprint density at radius 2 is 1.80 bits per heavy atom. The monoisotopic (exact) mass is 415 g/mol. The van der Waals surface area contributed by atoms with Crippen molar-refractivity contribution in [2.75, 3.05) is 11.9 Å². The van der Waals surface area contributed by atoms with Gasteiger partial charge in [0.25, 0.3) is 5.56 Å². The summed E-state index contributed by atoms with van der Waals surface area (Å²) in [6.45, 7) is -1.04. The topological polar surface area (TPSA) is 84.8 Å². The number of anilines is 1. The van der Waals surface area contributed by atoms with E-state index in [9.17, 15) is 18.0 Å². The van der Waals surface area contributed by atoms with E-state index in [0.717, 1.165) is 11.3 Å². The van der Waals surface area contributed by atoms with Gasteiger partial charge in [-0.25, -0.2) is 4.68 Å². The van der Waals surface area contributed by atoms with E-state index in [1.165, 1.54) is 18.3 Å². The SMILES string of the molecule is O=c1[nH]c(NCc2ccc(OCC(F)(F)F)cc2)nc2c1cnn2-c1ccccc1. The lowest BCUT2D eigenvalue weighted by Crippen LogP contribution is -2.19. The summed E-state index contributed by atoms with van der Waals surface area (Å²) in [6.07, 6.45) is -2.93. The quantitative estimate of drug-likeness (QED) is 0.502. The second kappa shape index (κ2) is 7.90. The van der Waals surface area contributed by atoms with Gasteiger partial charge in [-0.05, 0) is 29.8 Å². The number of nitrogens with one attached hydrogen (secondary N) is 2. The van der Waals surface area contributed by atoms with E-state index in [2.05, 4.69) is 25.1 Å². The lowest BCUT2D eigenvalue weighted by molar-refractivity contribution is -0.153. The molecule has 4 aromatic rings. The van der Waals surface area contributed by atoms with Crippen molar-refractivity contribution in [3.05, 3.63) is 76.7 Å². The molecule has 2 aromatic heterocycles. The van der Waals surface area contributed by atoms with Crippen molar-refractivity contribution < 1.29 is 17.9 Å². The van der Waals surface area contributed by atoms with Crippen molar-refractivity contribution in [3.63, 3.8) is 0 Å². The van der Waals surface area contributed by atoms with Gasteiger partial charge in [-0.1, -0.05) is 30.3 Å². The largest absolute Gasteiger partial charge is 0.484 e. The summed E-state index contributed by atoms with van der Waals surface area (Å²) < 4.78 is 42.9. The van der Waals surface area contributed by atoms with Crippen molar-refractivity contribution in [1.82, 2.24) is 19.7 Å². The zero-order valence-electron chi connectivity index (χ0n) is 15.5. The fourth-order valence-corrected chi connectivity index (χ4v) is 2.81. The van der Waals surface area contributed by atoms with E-state index in [0.29, 0.717) is 17.6 Å². The molecule has 4 rings (SSSR count). The number of para-hydroxylation sites is 1. The summed E-state index contributed by atoms with van der Waals surface area (Å²) in [6, 6.07) is 15.5. The van der Waals surface area contributed by atoms with Crippen molar-refractivity contribution in [1.29, 1.82) is 0 Å². The van der Waals surface area contributed by atoms with Crippen LogP contribution in [-0.4, -0.2) is 32.5 Å². The first kappa shape index (κ1) is 19.5. The molecule has 10 heteroatoms. The molecule has 2 heterocycles. The Balaban J connectivity index is 1.50. The van der Waals surface area contributed by atoms with Crippen LogP contribution < -0.4 is 15.6 Å². The van der Waals surface area contributed by atoms with Crippen LogP contribution in [0.2, 0.25) is 0 Å². The lowest BCUT2D eigenvalue weighted by Gasteiger charge is -2.10. The van der Waals surface area contributed by atoms with Gasteiger partial charge in [0.1, 0.15) is 11.1 Å². The van der Waals surface area contributed by atoms with Crippen molar-refractivity contribution in [3.8, 4) is 11.4 Å². The van der Waals surface area contributed by atoms with Crippen molar-refractivity contribution in [2.24, 2.45) is 0 Å². The highest BCUT2D eigenvalue weighted by Gasteiger charge is 2.28. The van der Waals surface area contributed by atoms with E-state index >= 15 is 0 Å². The van der Waals surface area contributed by atoms with Gasteiger partial charge >= 0.3 is 6.18 Å². The third kappa shape index (κ3) is 4.43. The van der Waals surface area contributed by atoms with E-state index in [-0.39, 0.29) is 17.3 Å². The normalized spacial score (nSPS) is 11.6. The maximum absolute atomic E-state index is 12.4. The minimum atomic E-state index is -4.39. The zero-order valence-corrected chi connectivity index (χ0v) is 15.5. The van der Waals surface area contributed by atoms with Crippen LogP contribution >= 0.6 is 0 Å². The molecule has 0 radical (unpaired) electrons. The van der Waals surface area contributed by atoms with E-state index in [1.54, 1.807) is 16.8 Å². The molecule has 0 aliphatic rings. The molecule has 30 heavy (non-hydrogen) atoms. The van der Waals surface area contributed by atoms with Crippen LogP contribution in [0.25, 0.3) is 16.7 Å². The Hall–Kier alpha value is -3.82. The van der Waals surface area contributed by atoms with Crippen LogP contribution in [0.4, 0.5) is 19.1 Å². The van der Waals surface area contributed by atoms with Crippen molar-refractivity contribution in [2.45, 2.75) is 12.7 Å². The molecule has 0 spiro atoms. The Morgan fingerprint density at radius 1 is 1.07 bits per heavy atom. The van der Waals surface area contributed by atoms with Crippen LogP contribution in [0.15, 0.2) is 65.6 Å². The summed E-state index contributed by atoms with van der Waals surface area (Å²) in [5, 5.41) is 7.61. The van der Waals surface area contributed by atoms with Gasteiger partial charge in [0, 0.05) is 6.54 Å². The van der Waals surface area contributed by atoms with E-state index in [1.807, 2.05) is 30.3 Å². The average Bonchev–Trinajstić information content (AvgIpc) is 3.16. The third-order valence-corrected chi connectivity index (χ3v) is 4.22. The lowest BCUT2D eigenvalue weighted by atomic mass is 10.2. The number of aromatic nitrogens is 4. The summed E-state index contributed by atoms with van der Waals surface area (Å²) >= 11 is 0. The molecular weight excluding hydrogens is 399 g/mol. The molecule has 154 valence electrons. The highest BCUT2D eigenvalue weighted by Crippen LogP contribution is 2.19. The molecule has 0 fully saturated rings. The Bertz CT molecular complexity index is 1200. The summed E-state index contributed by atoms with van der Waals surface area (Å²) in [5.41, 5.74) is 1.61. The number of H-pyrrole nitrogens is 1. The van der Waals surface area contributed by atoms with Gasteiger partial charge in [0.15, 0.2) is 12.3 Å². The maximum Gasteiger partial charge on any atom is 0.422 e. The van der Waals surface area contributed by atoms with Crippen LogP contribution in [0, 0.1) is 0 Å². The fraction of sp³-hybridized carbons (Fsp3) is 0.150. The minimum absolute atomic E-state index is 0.121. The minimum Gasteiger partial charge on any atom is -0.484 e. The third-order valence-electron chi connectivity index (χ3n) is 4.22. The Kier molecular flexibility index (Phi) is 5.13. The molecule has 2 aromatic carbocycles. The highest BCUT2D eigenvalue weighted by molar-refractivity contribution is 5.76. The molecule has 0 saturated carbocycles. The standard InChI is InChI=1S/C20H16F3N5O2/c21-20(22,23)12-30-15-8-6-13(7-9-15)10-24-19-26-17-16(18(29)27-19)11-25-28(17)14-4-2-1-3-5-14/h1-9,11H,10,12H2,(H2,24,26,27,29). The number of halogens is 3. The first-order valence-electron chi connectivity index (χ1n) is 8.95. The van der Waals surface area contributed by atoms with Gasteiger partial charge in [0.2, 0.25) is 5.95 Å². The zero-order chi connectivity index (χ0) is 21.1. The number of benzene rings is 2. The first-order valence-corrected chi connectivity index (χ1v) is 8.95. The van der Waals surface area contributed by atoms with Crippen LogP contribution in [0.3, 0.4) is 0 Å². The van der Waals surface area contributed by atoms with E-state index < -0.39 is 12.8 Å². The average molecular weight is 415 g/mol. The fourth-order valence-electron chi connectivity index (χ4n) is 2.81. The smallest absolute Gasteiger partial charge is 0.422 e. The summed E-state index contributed by atoms with van der Waals surface area (Å²) in [5.74, 6) is 0.373. The van der Waals surface area contributed by atoms with E-state index in [4.69, 9.17) is 0 Å². The predicted octanol–water partition coefficient (Wildman–Crippen LogP) is 3.66. The molecule has 0 aliphatic carbocycles. The van der Waals surface area contributed by atoms with Gasteiger partial charge in [-0.15, -0.1) is 0 Å².